The molecule has 0 aliphatic carbocycles. The smallest absolute Gasteiger partial charge is 0.322 e. The highest BCUT2D eigenvalue weighted by Crippen LogP contribution is 2.39. The lowest BCUT2D eigenvalue weighted by atomic mass is 9.92. The van der Waals surface area contributed by atoms with E-state index in [0.29, 0.717) is 6.54 Å². The fraction of sp³-hybridized carbons (Fsp3) is 0.222. The molecule has 32 heavy (non-hydrogen) atoms. The maximum atomic E-state index is 13.5. The second-order valence-electron chi connectivity index (χ2n) is 8.49. The molecule has 0 bridgehead atoms. The number of carbonyl (C=O) groups excluding carboxylic acids is 1. The van der Waals surface area contributed by atoms with Gasteiger partial charge < -0.3 is 19.9 Å². The zero-order valence-electron chi connectivity index (χ0n) is 18.6. The topological polar surface area (TPSA) is 57.4 Å². The van der Waals surface area contributed by atoms with E-state index in [1.165, 1.54) is 10.9 Å². The number of aromatic amines is 1. The highest BCUT2D eigenvalue weighted by Gasteiger charge is 2.34. The van der Waals surface area contributed by atoms with Gasteiger partial charge in [-0.15, -0.1) is 0 Å². The van der Waals surface area contributed by atoms with Crippen molar-refractivity contribution in [2.75, 3.05) is 19.0 Å². The van der Waals surface area contributed by atoms with E-state index < -0.39 is 0 Å². The van der Waals surface area contributed by atoms with E-state index in [9.17, 15) is 4.79 Å². The Bertz CT molecular complexity index is 1270. The van der Waals surface area contributed by atoms with Crippen molar-refractivity contribution in [3.05, 3.63) is 94.7 Å². The van der Waals surface area contributed by atoms with Gasteiger partial charge in [0.2, 0.25) is 0 Å². The summed E-state index contributed by atoms with van der Waals surface area (Å²) >= 11 is 0. The van der Waals surface area contributed by atoms with Gasteiger partial charge in [0, 0.05) is 28.8 Å². The number of urea groups is 1. The lowest BCUT2D eigenvalue weighted by Gasteiger charge is -2.36. The Morgan fingerprint density at radius 1 is 1.03 bits per heavy atom. The number of amides is 2. The number of fused-ring (bicyclic) bond motifs is 3. The monoisotopic (exact) mass is 425 g/mol. The first-order chi connectivity index (χ1) is 15.5. The van der Waals surface area contributed by atoms with E-state index >= 15 is 0 Å². The molecule has 1 unspecified atom stereocenters. The number of hydrogen-bond donors (Lipinski definition) is 2. The SMILES string of the molecule is COc1ccc(C2c3[nH]c4ccccc4c3CCN2C(=O)Nc2cc(C)cc(C)c2)cc1. The summed E-state index contributed by atoms with van der Waals surface area (Å²) in [5.41, 5.74) is 7.60. The van der Waals surface area contributed by atoms with Crippen LogP contribution in [0.5, 0.6) is 5.75 Å². The number of rotatable bonds is 3. The van der Waals surface area contributed by atoms with Crippen LogP contribution in [-0.2, 0) is 6.42 Å². The molecular weight excluding hydrogens is 398 g/mol. The summed E-state index contributed by atoms with van der Waals surface area (Å²) in [6, 6.07) is 22.2. The van der Waals surface area contributed by atoms with E-state index in [2.05, 4.69) is 34.6 Å². The Morgan fingerprint density at radius 2 is 1.75 bits per heavy atom. The first kappa shape index (κ1) is 20.2. The number of para-hydroxylation sites is 1. The minimum Gasteiger partial charge on any atom is -0.497 e. The number of ether oxygens (including phenoxy) is 1. The zero-order chi connectivity index (χ0) is 22.2. The molecule has 5 nitrogen and oxygen atoms in total. The summed E-state index contributed by atoms with van der Waals surface area (Å²) in [7, 11) is 1.66. The van der Waals surface area contributed by atoms with E-state index in [0.717, 1.165) is 45.8 Å². The van der Waals surface area contributed by atoms with Gasteiger partial charge >= 0.3 is 6.03 Å². The van der Waals surface area contributed by atoms with Gasteiger partial charge in [-0.2, -0.15) is 0 Å². The lowest BCUT2D eigenvalue weighted by Crippen LogP contribution is -2.43. The fourth-order valence-electron chi connectivity index (χ4n) is 4.83. The number of methoxy groups -OCH3 is 1. The number of hydrogen-bond acceptors (Lipinski definition) is 2. The maximum Gasteiger partial charge on any atom is 0.322 e. The van der Waals surface area contributed by atoms with Crippen LogP contribution in [0, 0.1) is 13.8 Å². The second-order valence-corrected chi connectivity index (χ2v) is 8.49. The Morgan fingerprint density at radius 3 is 2.47 bits per heavy atom. The summed E-state index contributed by atoms with van der Waals surface area (Å²) in [5.74, 6) is 0.799. The number of nitrogens with one attached hydrogen (secondary N) is 2. The van der Waals surface area contributed by atoms with Gasteiger partial charge in [-0.05, 0) is 72.9 Å². The highest BCUT2D eigenvalue weighted by molar-refractivity contribution is 5.91. The molecule has 1 aliphatic rings. The van der Waals surface area contributed by atoms with Crippen molar-refractivity contribution in [3.63, 3.8) is 0 Å². The zero-order valence-corrected chi connectivity index (χ0v) is 18.6. The van der Waals surface area contributed by atoms with Crippen molar-refractivity contribution in [1.29, 1.82) is 0 Å². The average Bonchev–Trinajstić information content (AvgIpc) is 3.16. The molecule has 2 N–H and O–H groups in total. The van der Waals surface area contributed by atoms with E-state index in [-0.39, 0.29) is 12.1 Å². The van der Waals surface area contributed by atoms with Gasteiger partial charge in [-0.3, -0.25) is 0 Å². The third kappa shape index (κ3) is 3.60. The van der Waals surface area contributed by atoms with Gasteiger partial charge in [0.05, 0.1) is 13.2 Å². The van der Waals surface area contributed by atoms with Crippen LogP contribution in [0.3, 0.4) is 0 Å². The molecule has 0 saturated carbocycles. The molecule has 5 rings (SSSR count). The first-order valence-electron chi connectivity index (χ1n) is 10.9. The third-order valence-corrected chi connectivity index (χ3v) is 6.20. The van der Waals surface area contributed by atoms with Crippen LogP contribution in [0.1, 0.15) is 34.0 Å². The van der Waals surface area contributed by atoms with Crippen molar-refractivity contribution in [2.24, 2.45) is 0 Å². The van der Waals surface area contributed by atoms with Crippen molar-refractivity contribution >= 4 is 22.6 Å². The van der Waals surface area contributed by atoms with Crippen LogP contribution in [0.2, 0.25) is 0 Å². The van der Waals surface area contributed by atoms with Crippen LogP contribution in [0.4, 0.5) is 10.5 Å². The third-order valence-electron chi connectivity index (χ3n) is 6.20. The fourth-order valence-corrected chi connectivity index (χ4v) is 4.83. The van der Waals surface area contributed by atoms with Gasteiger partial charge in [0.1, 0.15) is 5.75 Å². The maximum absolute atomic E-state index is 13.5. The summed E-state index contributed by atoms with van der Waals surface area (Å²) in [6.07, 6.45) is 0.812. The van der Waals surface area contributed by atoms with Crippen LogP contribution < -0.4 is 10.1 Å². The van der Waals surface area contributed by atoms with E-state index in [4.69, 9.17) is 4.74 Å². The normalized spacial score (nSPS) is 15.5. The average molecular weight is 426 g/mol. The lowest BCUT2D eigenvalue weighted by molar-refractivity contribution is 0.193. The Kier molecular flexibility index (Phi) is 5.10. The molecule has 2 heterocycles. The molecule has 0 spiro atoms. The molecule has 2 amide bonds. The first-order valence-corrected chi connectivity index (χ1v) is 10.9. The number of anilines is 1. The van der Waals surface area contributed by atoms with Crippen molar-refractivity contribution in [1.82, 2.24) is 9.88 Å². The molecule has 4 aromatic rings. The number of carbonyl (C=O) groups is 1. The van der Waals surface area contributed by atoms with Crippen LogP contribution in [0.25, 0.3) is 10.9 Å². The molecule has 162 valence electrons. The standard InChI is InChI=1S/C27H27N3O2/c1-17-14-18(2)16-20(15-17)28-27(31)30-13-12-23-22-6-4-5-7-24(22)29-25(23)26(30)19-8-10-21(32-3)11-9-19/h4-11,14-16,26,29H,12-13H2,1-3H3,(H,28,31). The molecule has 1 aromatic heterocycles. The van der Waals surface area contributed by atoms with E-state index in [1.54, 1.807) is 7.11 Å². The van der Waals surface area contributed by atoms with Crippen LogP contribution in [-0.4, -0.2) is 29.6 Å². The van der Waals surface area contributed by atoms with Crippen molar-refractivity contribution in [3.8, 4) is 5.75 Å². The minimum atomic E-state index is -0.206. The Balaban J connectivity index is 1.56. The van der Waals surface area contributed by atoms with Crippen molar-refractivity contribution in [2.45, 2.75) is 26.3 Å². The molecule has 0 fully saturated rings. The molecular formula is C27H27N3O2. The summed E-state index contributed by atoms with van der Waals surface area (Å²) in [4.78, 5) is 19.0. The number of aromatic nitrogens is 1. The minimum absolute atomic E-state index is 0.0971. The van der Waals surface area contributed by atoms with Gasteiger partial charge in [-0.1, -0.05) is 36.4 Å². The molecule has 0 saturated heterocycles. The number of H-pyrrole nitrogens is 1. The molecule has 3 aromatic carbocycles. The molecule has 1 aliphatic heterocycles. The van der Waals surface area contributed by atoms with E-state index in [1.807, 2.05) is 61.2 Å². The predicted molar refractivity (Wildman–Crippen MR) is 128 cm³/mol. The Labute approximate surface area is 188 Å². The summed E-state index contributed by atoms with van der Waals surface area (Å²) in [6.45, 7) is 4.73. The number of aryl methyl sites for hydroxylation is 2. The van der Waals surface area contributed by atoms with Gasteiger partial charge in [-0.25, -0.2) is 4.79 Å². The van der Waals surface area contributed by atoms with Crippen molar-refractivity contribution < 1.29 is 9.53 Å². The molecule has 1 atom stereocenters. The van der Waals surface area contributed by atoms with Gasteiger partial charge in [0.25, 0.3) is 0 Å². The second kappa shape index (κ2) is 8.08. The summed E-state index contributed by atoms with van der Waals surface area (Å²) < 4.78 is 5.35. The highest BCUT2D eigenvalue weighted by atomic mass is 16.5. The number of nitrogens with zero attached hydrogens (tertiary/aromatic N) is 1. The predicted octanol–water partition coefficient (Wildman–Crippen LogP) is 5.97. The van der Waals surface area contributed by atoms with Crippen LogP contribution in [0.15, 0.2) is 66.7 Å². The molecule has 5 heteroatoms. The molecule has 0 radical (unpaired) electrons. The van der Waals surface area contributed by atoms with Crippen LogP contribution >= 0.6 is 0 Å². The number of benzene rings is 3. The van der Waals surface area contributed by atoms with Gasteiger partial charge in [0.15, 0.2) is 0 Å². The Hall–Kier alpha value is -3.73. The largest absolute Gasteiger partial charge is 0.497 e. The summed E-state index contributed by atoms with van der Waals surface area (Å²) in [5, 5.41) is 4.36. The quantitative estimate of drug-likeness (QED) is 0.425.